The van der Waals surface area contributed by atoms with E-state index in [2.05, 4.69) is 10.4 Å². The van der Waals surface area contributed by atoms with Crippen molar-refractivity contribution in [3.05, 3.63) is 47.2 Å². The van der Waals surface area contributed by atoms with Gasteiger partial charge in [-0.2, -0.15) is 5.10 Å². The molecule has 1 N–H and O–H groups in total. The van der Waals surface area contributed by atoms with Crippen LogP contribution < -0.4 is 10.1 Å². The molecule has 110 valence electrons. The van der Waals surface area contributed by atoms with Gasteiger partial charge in [-0.3, -0.25) is 9.48 Å². The van der Waals surface area contributed by atoms with Crippen LogP contribution in [0.4, 0.5) is 0 Å². The molecule has 0 radical (unpaired) electrons. The standard InChI is InChI=1S/C15H16ClN3O2/c1-10(9-19-6-2-5-17-19)18-15(20)14-8-11-7-12(16)3-4-13(11)21-14/h2-7,10,14H,8-9H2,1H3,(H,18,20). The monoisotopic (exact) mass is 305 g/mol. The van der Waals surface area contributed by atoms with Gasteiger partial charge in [-0.05, 0) is 36.8 Å². The maximum absolute atomic E-state index is 12.2. The molecule has 0 saturated heterocycles. The number of nitrogens with one attached hydrogen (secondary N) is 1. The number of rotatable bonds is 4. The summed E-state index contributed by atoms with van der Waals surface area (Å²) < 4.78 is 7.45. The summed E-state index contributed by atoms with van der Waals surface area (Å²) in [6.45, 7) is 2.57. The molecule has 1 amide bonds. The molecule has 3 rings (SSSR count). The van der Waals surface area contributed by atoms with Crippen molar-refractivity contribution in [1.82, 2.24) is 15.1 Å². The van der Waals surface area contributed by atoms with Crippen LogP contribution in [0.15, 0.2) is 36.7 Å². The highest BCUT2D eigenvalue weighted by molar-refractivity contribution is 6.30. The third kappa shape index (κ3) is 3.19. The van der Waals surface area contributed by atoms with Crippen molar-refractivity contribution in [2.75, 3.05) is 0 Å². The van der Waals surface area contributed by atoms with Crippen LogP contribution in [-0.4, -0.2) is 27.8 Å². The number of benzene rings is 1. The van der Waals surface area contributed by atoms with Gasteiger partial charge < -0.3 is 10.1 Å². The Hall–Kier alpha value is -2.01. The number of ether oxygens (including phenoxy) is 1. The van der Waals surface area contributed by atoms with E-state index in [9.17, 15) is 4.79 Å². The molecule has 1 aromatic heterocycles. The molecule has 0 bridgehead atoms. The molecule has 1 aromatic carbocycles. The van der Waals surface area contributed by atoms with Crippen molar-refractivity contribution in [1.29, 1.82) is 0 Å². The Kier molecular flexibility index (Phi) is 3.84. The zero-order valence-electron chi connectivity index (χ0n) is 11.6. The molecule has 6 heteroatoms. The number of halogens is 1. The Labute approximate surface area is 127 Å². The molecule has 0 aliphatic carbocycles. The van der Waals surface area contributed by atoms with Crippen molar-refractivity contribution in [2.45, 2.75) is 32.0 Å². The zero-order valence-corrected chi connectivity index (χ0v) is 12.4. The van der Waals surface area contributed by atoms with Crippen LogP contribution in [0.5, 0.6) is 5.75 Å². The van der Waals surface area contributed by atoms with E-state index in [1.807, 2.05) is 25.3 Å². The van der Waals surface area contributed by atoms with Gasteiger partial charge in [0.05, 0.1) is 6.54 Å². The Balaban J connectivity index is 1.57. The molecule has 2 atom stereocenters. The fourth-order valence-electron chi connectivity index (χ4n) is 2.43. The van der Waals surface area contributed by atoms with Crippen molar-refractivity contribution in [3.8, 4) is 5.75 Å². The molecule has 0 saturated carbocycles. The Morgan fingerprint density at radius 3 is 3.24 bits per heavy atom. The SMILES string of the molecule is CC(Cn1cccn1)NC(=O)C1Cc2cc(Cl)ccc2O1. The average molecular weight is 306 g/mol. The van der Waals surface area contributed by atoms with Crippen molar-refractivity contribution in [3.63, 3.8) is 0 Å². The van der Waals surface area contributed by atoms with E-state index in [1.54, 1.807) is 23.0 Å². The van der Waals surface area contributed by atoms with E-state index in [-0.39, 0.29) is 11.9 Å². The van der Waals surface area contributed by atoms with Crippen LogP contribution in [0.1, 0.15) is 12.5 Å². The van der Waals surface area contributed by atoms with Gasteiger partial charge in [0, 0.05) is 29.9 Å². The quantitative estimate of drug-likeness (QED) is 0.940. The first-order chi connectivity index (χ1) is 10.1. The van der Waals surface area contributed by atoms with Gasteiger partial charge in [0.15, 0.2) is 6.10 Å². The highest BCUT2D eigenvalue weighted by atomic mass is 35.5. The molecule has 5 nitrogen and oxygen atoms in total. The number of nitrogens with zero attached hydrogens (tertiary/aromatic N) is 2. The minimum absolute atomic E-state index is 0.0201. The number of fused-ring (bicyclic) bond motifs is 1. The molecular weight excluding hydrogens is 290 g/mol. The number of hydrogen-bond acceptors (Lipinski definition) is 3. The lowest BCUT2D eigenvalue weighted by atomic mass is 10.1. The lowest BCUT2D eigenvalue weighted by molar-refractivity contribution is -0.127. The van der Waals surface area contributed by atoms with E-state index in [1.165, 1.54) is 0 Å². The lowest BCUT2D eigenvalue weighted by Gasteiger charge is -2.17. The number of carbonyl (C=O) groups is 1. The molecular formula is C15H16ClN3O2. The first-order valence-electron chi connectivity index (χ1n) is 6.85. The molecule has 0 fully saturated rings. The van der Waals surface area contributed by atoms with Crippen LogP contribution in [0.3, 0.4) is 0 Å². The predicted molar refractivity (Wildman–Crippen MR) is 79.4 cm³/mol. The second-order valence-electron chi connectivity index (χ2n) is 5.20. The first-order valence-corrected chi connectivity index (χ1v) is 7.22. The first kappa shape index (κ1) is 13.9. The molecule has 2 unspecified atom stereocenters. The normalized spacial score (nSPS) is 17.9. The summed E-state index contributed by atoms with van der Waals surface area (Å²) in [7, 11) is 0. The maximum Gasteiger partial charge on any atom is 0.261 e. The minimum Gasteiger partial charge on any atom is -0.480 e. The van der Waals surface area contributed by atoms with Gasteiger partial charge in [0.25, 0.3) is 5.91 Å². The third-order valence-electron chi connectivity index (χ3n) is 3.40. The fourth-order valence-corrected chi connectivity index (χ4v) is 2.63. The summed E-state index contributed by atoms with van der Waals surface area (Å²) in [6.07, 6.45) is 3.65. The van der Waals surface area contributed by atoms with E-state index in [0.717, 1.165) is 11.3 Å². The summed E-state index contributed by atoms with van der Waals surface area (Å²) in [5, 5.41) is 7.73. The highest BCUT2D eigenvalue weighted by Gasteiger charge is 2.29. The minimum atomic E-state index is -0.487. The van der Waals surface area contributed by atoms with Gasteiger partial charge in [-0.1, -0.05) is 11.6 Å². The van der Waals surface area contributed by atoms with Gasteiger partial charge in [0.1, 0.15) is 5.75 Å². The van der Waals surface area contributed by atoms with E-state index in [4.69, 9.17) is 16.3 Å². The summed E-state index contributed by atoms with van der Waals surface area (Å²) >= 11 is 5.95. The highest BCUT2D eigenvalue weighted by Crippen LogP contribution is 2.31. The summed E-state index contributed by atoms with van der Waals surface area (Å²) in [5.74, 6) is 0.626. The van der Waals surface area contributed by atoms with E-state index >= 15 is 0 Å². The zero-order chi connectivity index (χ0) is 14.8. The number of carbonyl (C=O) groups excluding carboxylic acids is 1. The fraction of sp³-hybridized carbons (Fsp3) is 0.333. The lowest BCUT2D eigenvalue weighted by Crippen LogP contribution is -2.43. The second-order valence-corrected chi connectivity index (χ2v) is 5.64. The van der Waals surface area contributed by atoms with Crippen LogP contribution in [0, 0.1) is 0 Å². The van der Waals surface area contributed by atoms with Crippen molar-refractivity contribution in [2.24, 2.45) is 0 Å². The molecule has 21 heavy (non-hydrogen) atoms. The topological polar surface area (TPSA) is 56.2 Å². The molecule has 1 aliphatic rings. The second kappa shape index (κ2) is 5.77. The average Bonchev–Trinajstić information content (AvgIpc) is 3.06. The van der Waals surface area contributed by atoms with Crippen LogP contribution >= 0.6 is 11.6 Å². The van der Waals surface area contributed by atoms with E-state index in [0.29, 0.717) is 18.0 Å². The Morgan fingerprint density at radius 2 is 2.48 bits per heavy atom. The summed E-state index contributed by atoms with van der Waals surface area (Å²) in [6, 6.07) is 7.25. The number of hydrogen-bond donors (Lipinski definition) is 1. The van der Waals surface area contributed by atoms with Gasteiger partial charge in [-0.15, -0.1) is 0 Å². The summed E-state index contributed by atoms with van der Waals surface area (Å²) in [4.78, 5) is 12.2. The van der Waals surface area contributed by atoms with E-state index < -0.39 is 6.10 Å². The Morgan fingerprint density at radius 1 is 1.62 bits per heavy atom. The Bertz CT molecular complexity index is 642. The molecule has 0 spiro atoms. The van der Waals surface area contributed by atoms with Gasteiger partial charge in [-0.25, -0.2) is 0 Å². The summed E-state index contributed by atoms with van der Waals surface area (Å²) in [5.41, 5.74) is 0.974. The number of amides is 1. The largest absolute Gasteiger partial charge is 0.480 e. The van der Waals surface area contributed by atoms with Gasteiger partial charge >= 0.3 is 0 Å². The maximum atomic E-state index is 12.2. The van der Waals surface area contributed by atoms with Crippen LogP contribution in [0.2, 0.25) is 5.02 Å². The van der Waals surface area contributed by atoms with Crippen LogP contribution in [0.25, 0.3) is 0 Å². The van der Waals surface area contributed by atoms with Crippen molar-refractivity contribution < 1.29 is 9.53 Å². The molecule has 2 aromatic rings. The van der Waals surface area contributed by atoms with Crippen molar-refractivity contribution >= 4 is 17.5 Å². The molecule has 1 aliphatic heterocycles. The van der Waals surface area contributed by atoms with Gasteiger partial charge in [0.2, 0.25) is 0 Å². The number of aromatic nitrogens is 2. The smallest absolute Gasteiger partial charge is 0.261 e. The van der Waals surface area contributed by atoms with Crippen LogP contribution in [-0.2, 0) is 17.8 Å². The third-order valence-corrected chi connectivity index (χ3v) is 3.63. The predicted octanol–water partition coefficient (Wildman–Crippen LogP) is 2.04. The molecule has 2 heterocycles.